The van der Waals surface area contributed by atoms with Gasteiger partial charge in [0.15, 0.2) is 0 Å². The third kappa shape index (κ3) is 3.38. The zero-order chi connectivity index (χ0) is 22.5. The Balaban J connectivity index is 1.48. The lowest BCUT2D eigenvalue weighted by Crippen LogP contribution is -2.35. The highest BCUT2D eigenvalue weighted by molar-refractivity contribution is 7.89. The van der Waals surface area contributed by atoms with Crippen LogP contribution in [0.2, 0.25) is 0 Å². The Morgan fingerprint density at radius 1 is 1.03 bits per heavy atom. The highest BCUT2D eigenvalue weighted by Gasteiger charge is 2.32. The van der Waals surface area contributed by atoms with Gasteiger partial charge in [-0.3, -0.25) is 4.79 Å². The monoisotopic (exact) mass is 454 g/mol. The van der Waals surface area contributed by atoms with Crippen molar-refractivity contribution in [2.45, 2.75) is 37.5 Å². The summed E-state index contributed by atoms with van der Waals surface area (Å²) in [5.74, 6) is 1.05. The second-order valence-corrected chi connectivity index (χ2v) is 10.3. The topological polar surface area (TPSA) is 80.1 Å². The summed E-state index contributed by atoms with van der Waals surface area (Å²) in [6.45, 7) is 3.42. The van der Waals surface area contributed by atoms with Crippen LogP contribution in [0.1, 0.15) is 40.9 Å². The number of piperidine rings is 1. The van der Waals surface area contributed by atoms with Crippen molar-refractivity contribution in [1.82, 2.24) is 4.31 Å². The van der Waals surface area contributed by atoms with Gasteiger partial charge in [0.25, 0.3) is 5.91 Å². The SMILES string of the molecule is COc1ccc2oc(C)c(C(=O)N3CCc4cc(S(=O)(=O)N5CCCCC5)ccc43)c2c1. The van der Waals surface area contributed by atoms with E-state index < -0.39 is 10.0 Å². The molecule has 0 saturated carbocycles. The predicted molar refractivity (Wildman–Crippen MR) is 122 cm³/mol. The molecule has 32 heavy (non-hydrogen) atoms. The number of hydrogen-bond acceptors (Lipinski definition) is 5. The molecule has 3 aromatic rings. The van der Waals surface area contributed by atoms with E-state index in [1.54, 1.807) is 53.6 Å². The molecule has 3 heterocycles. The van der Waals surface area contributed by atoms with Gasteiger partial charge in [-0.05, 0) is 68.1 Å². The number of rotatable bonds is 4. The second kappa shape index (κ2) is 7.94. The zero-order valence-corrected chi connectivity index (χ0v) is 19.1. The Hall–Kier alpha value is -2.84. The number of carbonyl (C=O) groups is 1. The fourth-order valence-electron chi connectivity index (χ4n) is 4.73. The van der Waals surface area contributed by atoms with E-state index in [0.717, 1.165) is 30.5 Å². The van der Waals surface area contributed by atoms with Gasteiger partial charge < -0.3 is 14.1 Å². The van der Waals surface area contributed by atoms with Gasteiger partial charge in [0.05, 0.1) is 17.6 Å². The van der Waals surface area contributed by atoms with Gasteiger partial charge in [-0.15, -0.1) is 0 Å². The molecule has 1 aromatic heterocycles. The Labute approximate surface area is 187 Å². The largest absolute Gasteiger partial charge is 0.497 e. The third-order valence-electron chi connectivity index (χ3n) is 6.43. The number of amides is 1. The Morgan fingerprint density at radius 2 is 1.81 bits per heavy atom. The number of anilines is 1. The summed E-state index contributed by atoms with van der Waals surface area (Å²) < 4.78 is 38.8. The van der Waals surface area contributed by atoms with Crippen molar-refractivity contribution in [2.24, 2.45) is 0 Å². The number of sulfonamides is 1. The average molecular weight is 455 g/mol. The number of aryl methyl sites for hydroxylation is 1. The molecule has 0 N–H and O–H groups in total. The number of ether oxygens (including phenoxy) is 1. The molecule has 0 bridgehead atoms. The first-order chi connectivity index (χ1) is 15.4. The fourth-order valence-corrected chi connectivity index (χ4v) is 6.30. The molecule has 7 nitrogen and oxygen atoms in total. The normalized spacial score (nSPS) is 17.0. The molecule has 1 fully saturated rings. The summed E-state index contributed by atoms with van der Waals surface area (Å²) in [5, 5.41) is 0.713. The summed E-state index contributed by atoms with van der Waals surface area (Å²) in [7, 11) is -1.92. The van der Waals surface area contributed by atoms with Crippen LogP contribution in [0.5, 0.6) is 5.75 Å². The van der Waals surface area contributed by atoms with Crippen LogP contribution in [0, 0.1) is 6.92 Å². The minimum atomic E-state index is -3.51. The van der Waals surface area contributed by atoms with Gasteiger partial charge in [0.1, 0.15) is 17.1 Å². The lowest BCUT2D eigenvalue weighted by atomic mass is 10.1. The first-order valence-electron chi connectivity index (χ1n) is 10.9. The van der Waals surface area contributed by atoms with Crippen molar-refractivity contribution in [3.8, 4) is 5.75 Å². The molecule has 0 radical (unpaired) electrons. The third-order valence-corrected chi connectivity index (χ3v) is 8.32. The smallest absolute Gasteiger partial charge is 0.262 e. The van der Waals surface area contributed by atoms with Gasteiger partial charge in [-0.1, -0.05) is 6.42 Å². The van der Waals surface area contributed by atoms with E-state index in [1.807, 2.05) is 6.07 Å². The van der Waals surface area contributed by atoms with Crippen LogP contribution in [-0.4, -0.2) is 45.4 Å². The highest BCUT2D eigenvalue weighted by Crippen LogP contribution is 2.36. The maximum Gasteiger partial charge on any atom is 0.262 e. The van der Waals surface area contributed by atoms with Crippen LogP contribution >= 0.6 is 0 Å². The molecule has 0 unspecified atom stereocenters. The summed E-state index contributed by atoms with van der Waals surface area (Å²) in [6, 6.07) is 10.5. The van der Waals surface area contributed by atoms with E-state index in [1.165, 1.54) is 0 Å². The molecule has 2 aliphatic heterocycles. The van der Waals surface area contributed by atoms with E-state index in [2.05, 4.69) is 0 Å². The fraction of sp³-hybridized carbons (Fsp3) is 0.375. The number of benzene rings is 2. The number of nitrogens with zero attached hydrogens (tertiary/aromatic N) is 2. The van der Waals surface area contributed by atoms with Gasteiger partial charge >= 0.3 is 0 Å². The van der Waals surface area contributed by atoms with Crippen LogP contribution in [0.25, 0.3) is 11.0 Å². The predicted octanol–water partition coefficient (Wildman–Crippen LogP) is 4.13. The number of hydrogen-bond donors (Lipinski definition) is 0. The number of fused-ring (bicyclic) bond motifs is 2. The second-order valence-electron chi connectivity index (χ2n) is 8.36. The van der Waals surface area contributed by atoms with Crippen molar-refractivity contribution < 1.29 is 22.4 Å². The average Bonchev–Trinajstić information content (AvgIpc) is 3.38. The van der Waals surface area contributed by atoms with Crippen LogP contribution in [0.15, 0.2) is 45.7 Å². The molecule has 1 saturated heterocycles. The van der Waals surface area contributed by atoms with Crippen molar-refractivity contribution in [2.75, 3.05) is 31.6 Å². The molecule has 2 aromatic carbocycles. The van der Waals surface area contributed by atoms with Crippen LogP contribution < -0.4 is 9.64 Å². The number of carbonyl (C=O) groups excluding carboxylic acids is 1. The molecule has 0 aliphatic carbocycles. The van der Waals surface area contributed by atoms with E-state index in [-0.39, 0.29) is 5.91 Å². The number of methoxy groups -OCH3 is 1. The maximum absolute atomic E-state index is 13.5. The molecule has 168 valence electrons. The van der Waals surface area contributed by atoms with Crippen molar-refractivity contribution in [3.05, 3.63) is 53.3 Å². The van der Waals surface area contributed by atoms with E-state index in [0.29, 0.717) is 59.0 Å². The molecule has 0 spiro atoms. The minimum absolute atomic E-state index is 0.153. The van der Waals surface area contributed by atoms with Gasteiger partial charge in [-0.25, -0.2) is 8.42 Å². The first kappa shape index (κ1) is 21.0. The Bertz CT molecular complexity index is 1310. The van der Waals surface area contributed by atoms with E-state index >= 15 is 0 Å². The molecule has 0 atom stereocenters. The quantitative estimate of drug-likeness (QED) is 0.592. The molecule has 1 amide bonds. The van der Waals surface area contributed by atoms with E-state index in [9.17, 15) is 13.2 Å². The summed E-state index contributed by atoms with van der Waals surface area (Å²) in [4.78, 5) is 15.6. The molecule has 5 rings (SSSR count). The molecule has 8 heteroatoms. The van der Waals surface area contributed by atoms with Crippen LogP contribution in [0.4, 0.5) is 5.69 Å². The Kier molecular flexibility index (Phi) is 5.22. The van der Waals surface area contributed by atoms with Crippen molar-refractivity contribution >= 4 is 32.6 Å². The molecule has 2 aliphatic rings. The maximum atomic E-state index is 13.5. The number of furan rings is 1. The van der Waals surface area contributed by atoms with E-state index in [4.69, 9.17) is 9.15 Å². The van der Waals surface area contributed by atoms with Gasteiger partial charge in [0, 0.05) is 30.7 Å². The Morgan fingerprint density at radius 3 is 2.56 bits per heavy atom. The molecular weight excluding hydrogens is 428 g/mol. The van der Waals surface area contributed by atoms with Gasteiger partial charge in [0.2, 0.25) is 10.0 Å². The summed E-state index contributed by atoms with van der Waals surface area (Å²) in [6.07, 6.45) is 3.48. The minimum Gasteiger partial charge on any atom is -0.497 e. The lowest BCUT2D eigenvalue weighted by Gasteiger charge is -2.26. The highest BCUT2D eigenvalue weighted by atomic mass is 32.2. The van der Waals surface area contributed by atoms with Crippen molar-refractivity contribution in [1.29, 1.82) is 0 Å². The summed E-state index contributed by atoms with van der Waals surface area (Å²) >= 11 is 0. The standard InChI is InChI=1S/C24H26N2O5S/c1-16-23(20-15-18(30-2)6-9-22(20)31-16)24(27)26-13-10-17-14-19(7-8-21(17)26)32(28,29)25-11-4-3-5-12-25/h6-9,14-15H,3-5,10-13H2,1-2H3. The van der Waals surface area contributed by atoms with Crippen LogP contribution in [0.3, 0.4) is 0 Å². The van der Waals surface area contributed by atoms with Crippen LogP contribution in [-0.2, 0) is 16.4 Å². The first-order valence-corrected chi connectivity index (χ1v) is 12.4. The lowest BCUT2D eigenvalue weighted by molar-refractivity contribution is 0.0989. The molecular formula is C24H26N2O5S. The van der Waals surface area contributed by atoms with Crippen molar-refractivity contribution in [3.63, 3.8) is 0 Å². The zero-order valence-electron chi connectivity index (χ0n) is 18.3. The summed E-state index contributed by atoms with van der Waals surface area (Å²) in [5.41, 5.74) is 2.77. The van der Waals surface area contributed by atoms with Gasteiger partial charge in [-0.2, -0.15) is 4.31 Å².